The molecule has 170 valence electrons. The number of nitriles is 1. The number of para-hydroxylation sites is 1. The summed E-state index contributed by atoms with van der Waals surface area (Å²) in [7, 11) is 0. The lowest BCUT2D eigenvalue weighted by atomic mass is 10.2. The first-order chi connectivity index (χ1) is 16.6. The smallest absolute Gasteiger partial charge is 0.284 e. The summed E-state index contributed by atoms with van der Waals surface area (Å²) in [6.07, 6.45) is 4.91. The van der Waals surface area contributed by atoms with Crippen LogP contribution >= 0.6 is 11.6 Å². The van der Waals surface area contributed by atoms with Crippen molar-refractivity contribution in [1.29, 1.82) is 5.26 Å². The van der Waals surface area contributed by atoms with Gasteiger partial charge in [-0.15, -0.1) is 0 Å². The van der Waals surface area contributed by atoms with Crippen molar-refractivity contribution in [2.24, 2.45) is 0 Å². The molecule has 0 radical (unpaired) electrons. The molecule has 1 N–H and O–H groups in total. The van der Waals surface area contributed by atoms with Gasteiger partial charge in [0, 0.05) is 12.7 Å². The Morgan fingerprint density at radius 1 is 1.21 bits per heavy atom. The van der Waals surface area contributed by atoms with Crippen LogP contribution in [0, 0.1) is 11.3 Å². The van der Waals surface area contributed by atoms with E-state index >= 15 is 0 Å². The molecule has 0 aliphatic carbocycles. The van der Waals surface area contributed by atoms with E-state index in [0.717, 1.165) is 12.8 Å². The second kappa shape index (κ2) is 8.96. The highest BCUT2D eigenvalue weighted by molar-refractivity contribution is 6.33. The number of hydrogen-bond donors (Lipinski definition) is 1. The summed E-state index contributed by atoms with van der Waals surface area (Å²) < 4.78 is 3.07. The molecule has 0 bridgehead atoms. The highest BCUT2D eigenvalue weighted by Gasteiger charge is 2.22. The number of nitrogens with one attached hydrogen (secondary N) is 1. The Bertz CT molecular complexity index is 1580. The third-order valence-electron chi connectivity index (χ3n) is 5.57. The number of halogens is 1. The van der Waals surface area contributed by atoms with Crippen molar-refractivity contribution in [3.8, 4) is 11.8 Å². The highest BCUT2D eigenvalue weighted by Crippen LogP contribution is 2.26. The molecular formula is C23H20ClN9O. The van der Waals surface area contributed by atoms with E-state index in [9.17, 15) is 10.1 Å². The molecule has 0 aliphatic heterocycles. The van der Waals surface area contributed by atoms with Crippen LogP contribution in [0.2, 0.25) is 5.02 Å². The Labute approximate surface area is 199 Å². The molecule has 0 aliphatic rings. The molecule has 5 rings (SSSR count). The number of rotatable bonds is 7. The number of benzene rings is 1. The summed E-state index contributed by atoms with van der Waals surface area (Å²) in [5.41, 5.74) is 1.41. The Morgan fingerprint density at radius 3 is 2.79 bits per heavy atom. The fourth-order valence-electron chi connectivity index (χ4n) is 3.96. The summed E-state index contributed by atoms with van der Waals surface area (Å²) >= 11 is 6.30. The second-order valence-corrected chi connectivity index (χ2v) is 8.14. The summed E-state index contributed by atoms with van der Waals surface area (Å²) in [6, 6.07) is 13.1. The minimum absolute atomic E-state index is 0.262. The zero-order valence-corrected chi connectivity index (χ0v) is 19.1. The molecule has 0 atom stereocenters. The molecule has 10 nitrogen and oxygen atoms in total. The lowest BCUT2D eigenvalue weighted by Crippen LogP contribution is -2.33. The fourth-order valence-corrected chi connectivity index (χ4v) is 4.18. The van der Waals surface area contributed by atoms with Gasteiger partial charge in [-0.25, -0.2) is 14.5 Å². The predicted octanol–water partition coefficient (Wildman–Crippen LogP) is 3.48. The van der Waals surface area contributed by atoms with Crippen molar-refractivity contribution in [2.45, 2.75) is 26.3 Å². The van der Waals surface area contributed by atoms with Gasteiger partial charge in [0.2, 0.25) is 0 Å². The number of nitrogens with zero attached hydrogens (tertiary/aromatic N) is 8. The van der Waals surface area contributed by atoms with Gasteiger partial charge >= 0.3 is 0 Å². The first-order valence-electron chi connectivity index (χ1n) is 10.8. The van der Waals surface area contributed by atoms with E-state index in [1.165, 1.54) is 10.8 Å². The standard InChI is InChI=1S/C23H20ClN9O/c1-2-3-10-31(22-19-17(12-25)28-29-21(19)26-14-27-22)13-18-30-32-11-9-16(24)20(32)23(34)33(18)15-7-5-4-6-8-15/h4-9,11,14H,2-3,10,13H2,1H3,(H,26,27,28,29). The quantitative estimate of drug-likeness (QED) is 0.384. The van der Waals surface area contributed by atoms with Crippen LogP contribution in [-0.2, 0) is 6.54 Å². The Kier molecular flexibility index (Phi) is 5.69. The van der Waals surface area contributed by atoms with Gasteiger partial charge in [0.15, 0.2) is 11.5 Å². The summed E-state index contributed by atoms with van der Waals surface area (Å²) in [6.45, 7) is 2.99. The van der Waals surface area contributed by atoms with Gasteiger partial charge in [-0.05, 0) is 24.6 Å². The van der Waals surface area contributed by atoms with Crippen LogP contribution in [0.4, 0.5) is 5.82 Å². The third-order valence-corrected chi connectivity index (χ3v) is 5.88. The van der Waals surface area contributed by atoms with Gasteiger partial charge in [-0.2, -0.15) is 15.5 Å². The van der Waals surface area contributed by atoms with Crippen LogP contribution in [0.25, 0.3) is 22.2 Å². The van der Waals surface area contributed by atoms with Gasteiger partial charge < -0.3 is 4.90 Å². The van der Waals surface area contributed by atoms with Crippen molar-refractivity contribution in [2.75, 3.05) is 11.4 Å². The molecule has 0 fully saturated rings. The minimum atomic E-state index is -0.268. The molecule has 0 amide bonds. The first-order valence-corrected chi connectivity index (χ1v) is 11.2. The van der Waals surface area contributed by atoms with Crippen molar-refractivity contribution in [3.05, 3.63) is 75.8 Å². The molecular weight excluding hydrogens is 454 g/mol. The topological polar surface area (TPSA) is 121 Å². The second-order valence-electron chi connectivity index (χ2n) is 7.73. The molecule has 4 aromatic heterocycles. The number of H-pyrrole nitrogens is 1. The van der Waals surface area contributed by atoms with Crippen LogP contribution in [0.1, 0.15) is 31.3 Å². The molecule has 0 unspecified atom stereocenters. The molecule has 0 saturated heterocycles. The maximum atomic E-state index is 13.6. The normalized spacial score (nSPS) is 11.2. The average Bonchev–Trinajstić information content (AvgIpc) is 3.45. The maximum Gasteiger partial charge on any atom is 0.284 e. The summed E-state index contributed by atoms with van der Waals surface area (Å²) in [5, 5.41) is 22.0. The van der Waals surface area contributed by atoms with Crippen molar-refractivity contribution in [1.82, 2.24) is 34.3 Å². The predicted molar refractivity (Wildman–Crippen MR) is 128 cm³/mol. The molecule has 5 aromatic rings. The number of unbranched alkanes of at least 4 members (excludes halogenated alkanes) is 1. The van der Waals surface area contributed by atoms with Crippen LogP contribution in [0.15, 0.2) is 53.7 Å². The number of aromatic amines is 1. The summed E-state index contributed by atoms with van der Waals surface area (Å²) in [5.74, 6) is 1.06. The number of hydrogen-bond acceptors (Lipinski definition) is 7. The van der Waals surface area contributed by atoms with Crippen LogP contribution < -0.4 is 10.5 Å². The first kappa shape index (κ1) is 21.6. The van der Waals surface area contributed by atoms with Crippen molar-refractivity contribution < 1.29 is 0 Å². The van der Waals surface area contributed by atoms with Crippen molar-refractivity contribution in [3.63, 3.8) is 0 Å². The molecule has 1 aromatic carbocycles. The van der Waals surface area contributed by atoms with E-state index in [1.54, 1.807) is 16.8 Å². The fraction of sp³-hybridized carbons (Fsp3) is 0.217. The van der Waals surface area contributed by atoms with Crippen LogP contribution in [-0.4, -0.2) is 40.9 Å². The summed E-state index contributed by atoms with van der Waals surface area (Å²) in [4.78, 5) is 24.2. The molecule has 0 spiro atoms. The third kappa shape index (κ3) is 3.66. The Morgan fingerprint density at radius 2 is 2.03 bits per heavy atom. The van der Waals surface area contributed by atoms with E-state index in [0.29, 0.717) is 45.4 Å². The van der Waals surface area contributed by atoms with Crippen molar-refractivity contribution >= 4 is 34.0 Å². The zero-order chi connectivity index (χ0) is 23.7. The Hall–Kier alpha value is -4.23. The highest BCUT2D eigenvalue weighted by atomic mass is 35.5. The van der Waals surface area contributed by atoms with E-state index in [2.05, 4.69) is 33.2 Å². The molecule has 4 heterocycles. The lowest BCUT2D eigenvalue weighted by molar-refractivity contribution is 0.651. The van der Waals surface area contributed by atoms with Crippen LogP contribution in [0.5, 0.6) is 0 Å². The van der Waals surface area contributed by atoms with Gasteiger partial charge in [-0.3, -0.25) is 14.5 Å². The largest absolute Gasteiger partial charge is 0.348 e. The lowest BCUT2D eigenvalue weighted by Gasteiger charge is -2.25. The monoisotopic (exact) mass is 473 g/mol. The maximum absolute atomic E-state index is 13.6. The van der Waals surface area contributed by atoms with Gasteiger partial charge in [0.05, 0.1) is 22.6 Å². The Balaban J connectivity index is 1.71. The van der Waals surface area contributed by atoms with Gasteiger partial charge in [0.25, 0.3) is 5.56 Å². The van der Waals surface area contributed by atoms with E-state index in [4.69, 9.17) is 16.7 Å². The SMILES string of the molecule is CCCCN(Cc1nn2ccc(Cl)c2c(=O)n1-c1ccccc1)c1ncnc2n[nH]c(C#N)c12. The van der Waals surface area contributed by atoms with E-state index < -0.39 is 0 Å². The van der Waals surface area contributed by atoms with E-state index in [1.807, 2.05) is 35.2 Å². The minimum Gasteiger partial charge on any atom is -0.348 e. The molecule has 34 heavy (non-hydrogen) atoms. The van der Waals surface area contributed by atoms with Crippen LogP contribution in [0.3, 0.4) is 0 Å². The number of anilines is 1. The molecule has 11 heteroatoms. The molecule has 0 saturated carbocycles. The van der Waals surface area contributed by atoms with Gasteiger partial charge in [-0.1, -0.05) is 43.1 Å². The number of fused-ring (bicyclic) bond motifs is 2. The zero-order valence-electron chi connectivity index (χ0n) is 18.3. The average molecular weight is 474 g/mol. The van der Waals surface area contributed by atoms with E-state index in [-0.39, 0.29) is 17.8 Å². The van der Waals surface area contributed by atoms with Gasteiger partial charge in [0.1, 0.15) is 29.4 Å². The number of aromatic nitrogens is 7.